The van der Waals surface area contributed by atoms with E-state index in [-0.39, 0.29) is 11.4 Å². The van der Waals surface area contributed by atoms with Crippen LogP contribution in [0.2, 0.25) is 0 Å². The first-order valence-corrected chi connectivity index (χ1v) is 5.44. The van der Waals surface area contributed by atoms with Crippen molar-refractivity contribution in [3.8, 4) is 11.5 Å². The number of anilines is 1. The first-order valence-electron chi connectivity index (χ1n) is 5.44. The van der Waals surface area contributed by atoms with Gasteiger partial charge in [0.2, 0.25) is 0 Å². The largest absolute Gasteiger partial charge is 0.383 e. The number of hydrogen-bond donors (Lipinski definition) is 2. The van der Waals surface area contributed by atoms with Gasteiger partial charge in [0.1, 0.15) is 11.5 Å². The molecule has 0 unspecified atom stereocenters. The van der Waals surface area contributed by atoms with Gasteiger partial charge in [0, 0.05) is 5.69 Å². The zero-order chi connectivity index (χ0) is 12.4. The van der Waals surface area contributed by atoms with Crippen molar-refractivity contribution in [3.05, 3.63) is 39.8 Å². The average Bonchev–Trinajstić information content (AvgIpc) is 2.28. The highest BCUT2D eigenvalue weighted by Gasteiger charge is 2.09. The Morgan fingerprint density at radius 3 is 2.71 bits per heavy atom. The molecule has 2 aromatic heterocycles. The number of nitrogens with two attached hydrogens (primary N) is 1. The summed E-state index contributed by atoms with van der Waals surface area (Å²) in [6.07, 6.45) is 0.565. The molecule has 2 aromatic rings. The summed E-state index contributed by atoms with van der Waals surface area (Å²) in [7, 11) is 0. The molecule has 0 aliphatic heterocycles. The lowest BCUT2D eigenvalue weighted by Gasteiger charge is -2.05. The minimum Gasteiger partial charge on any atom is -0.383 e. The third-order valence-electron chi connectivity index (χ3n) is 2.53. The van der Waals surface area contributed by atoms with Gasteiger partial charge in [-0.3, -0.25) is 4.79 Å². The molecule has 0 radical (unpaired) electrons. The Bertz CT molecular complexity index is 604. The fraction of sp³-hybridized carbons (Fsp3) is 0.250. The summed E-state index contributed by atoms with van der Waals surface area (Å²) < 4.78 is 0. The van der Waals surface area contributed by atoms with Crippen molar-refractivity contribution in [1.29, 1.82) is 0 Å². The number of aromatic amines is 1. The normalized spacial score (nSPS) is 10.5. The van der Waals surface area contributed by atoms with Crippen LogP contribution in [-0.4, -0.2) is 15.0 Å². The molecule has 0 bridgehead atoms. The Kier molecular flexibility index (Phi) is 2.91. The first kappa shape index (κ1) is 11.3. The summed E-state index contributed by atoms with van der Waals surface area (Å²) in [5.41, 5.74) is 7.55. The van der Waals surface area contributed by atoms with E-state index in [9.17, 15) is 4.79 Å². The molecule has 0 saturated heterocycles. The van der Waals surface area contributed by atoms with Crippen molar-refractivity contribution in [3.63, 3.8) is 0 Å². The van der Waals surface area contributed by atoms with E-state index in [1.807, 2.05) is 26.0 Å². The van der Waals surface area contributed by atoms with E-state index in [1.54, 1.807) is 6.07 Å². The van der Waals surface area contributed by atoms with Crippen molar-refractivity contribution in [1.82, 2.24) is 15.0 Å². The molecular formula is C12H14N4O. The molecule has 3 N–H and O–H groups in total. The third kappa shape index (κ3) is 2.18. The van der Waals surface area contributed by atoms with E-state index < -0.39 is 0 Å². The van der Waals surface area contributed by atoms with Crippen LogP contribution < -0.4 is 11.3 Å². The number of nitrogen functional groups attached to an aromatic ring is 1. The number of nitrogens with one attached hydrogen (secondary N) is 1. The lowest BCUT2D eigenvalue weighted by Crippen LogP contribution is -2.17. The van der Waals surface area contributed by atoms with Crippen molar-refractivity contribution in [2.24, 2.45) is 0 Å². The maximum Gasteiger partial charge on any atom is 0.256 e. The Balaban J connectivity index is 2.58. The van der Waals surface area contributed by atoms with Crippen molar-refractivity contribution < 1.29 is 0 Å². The molecule has 2 heterocycles. The Hall–Kier alpha value is -2.17. The summed E-state index contributed by atoms with van der Waals surface area (Å²) in [4.78, 5) is 22.9. The fourth-order valence-electron chi connectivity index (χ4n) is 1.65. The second-order valence-corrected chi connectivity index (χ2v) is 3.80. The molecule has 0 aliphatic carbocycles. The number of H-pyrrole nitrogens is 1. The highest BCUT2D eigenvalue weighted by Crippen LogP contribution is 2.13. The second kappa shape index (κ2) is 4.37. The third-order valence-corrected chi connectivity index (χ3v) is 2.53. The topological polar surface area (TPSA) is 84.7 Å². The summed E-state index contributed by atoms with van der Waals surface area (Å²) >= 11 is 0. The molecule has 2 rings (SSSR count). The predicted octanol–water partition coefficient (Wildman–Crippen LogP) is 1.28. The van der Waals surface area contributed by atoms with Crippen molar-refractivity contribution >= 4 is 5.82 Å². The number of nitrogens with zero attached hydrogens (tertiary/aromatic N) is 2. The molecule has 88 valence electrons. The Labute approximate surface area is 98.7 Å². The first-order chi connectivity index (χ1) is 8.11. The van der Waals surface area contributed by atoms with Crippen LogP contribution in [0.4, 0.5) is 5.82 Å². The van der Waals surface area contributed by atoms with Gasteiger partial charge in [0.15, 0.2) is 5.82 Å². The van der Waals surface area contributed by atoms with Gasteiger partial charge in [0.05, 0.1) is 5.56 Å². The van der Waals surface area contributed by atoms with Crippen LogP contribution in [-0.2, 0) is 6.42 Å². The van der Waals surface area contributed by atoms with E-state index in [0.29, 0.717) is 23.5 Å². The van der Waals surface area contributed by atoms with Crippen molar-refractivity contribution in [2.45, 2.75) is 20.3 Å². The Morgan fingerprint density at radius 2 is 2.12 bits per heavy atom. The smallest absolute Gasteiger partial charge is 0.256 e. The molecule has 5 heteroatoms. The number of pyridine rings is 1. The monoisotopic (exact) mass is 230 g/mol. The molecular weight excluding hydrogens is 216 g/mol. The van der Waals surface area contributed by atoms with Gasteiger partial charge in [-0.05, 0) is 25.5 Å². The van der Waals surface area contributed by atoms with Gasteiger partial charge in [-0.25, -0.2) is 9.97 Å². The molecule has 0 amide bonds. The SMILES string of the molecule is CCc1c(N)nc(-c2cccc(C)n2)[nH]c1=O. The van der Waals surface area contributed by atoms with Crippen LogP contribution in [0.25, 0.3) is 11.5 Å². The molecule has 0 atom stereocenters. The minimum absolute atomic E-state index is 0.196. The van der Waals surface area contributed by atoms with Gasteiger partial charge in [0.25, 0.3) is 5.56 Å². The van der Waals surface area contributed by atoms with Gasteiger partial charge >= 0.3 is 0 Å². The van der Waals surface area contributed by atoms with E-state index in [0.717, 1.165) is 5.69 Å². The summed E-state index contributed by atoms with van der Waals surface area (Å²) in [5.74, 6) is 0.683. The predicted molar refractivity (Wildman–Crippen MR) is 66.6 cm³/mol. The summed E-state index contributed by atoms with van der Waals surface area (Å²) in [6, 6.07) is 5.53. The fourth-order valence-corrected chi connectivity index (χ4v) is 1.65. The van der Waals surface area contributed by atoms with Crippen LogP contribution in [0, 0.1) is 6.92 Å². The zero-order valence-corrected chi connectivity index (χ0v) is 9.82. The number of hydrogen-bond acceptors (Lipinski definition) is 4. The number of aromatic nitrogens is 3. The van der Waals surface area contributed by atoms with Gasteiger partial charge < -0.3 is 10.7 Å². The molecule has 0 spiro atoms. The van der Waals surface area contributed by atoms with Crippen LogP contribution in [0.5, 0.6) is 0 Å². The molecule has 17 heavy (non-hydrogen) atoms. The molecule has 0 aliphatic rings. The standard InChI is InChI=1S/C12H14N4O/c1-3-8-10(13)15-11(16-12(8)17)9-6-4-5-7(2)14-9/h4-6H,3H2,1-2H3,(H3,13,15,16,17). The maximum absolute atomic E-state index is 11.7. The summed E-state index contributed by atoms with van der Waals surface area (Å²) in [5, 5.41) is 0. The second-order valence-electron chi connectivity index (χ2n) is 3.80. The highest BCUT2D eigenvalue weighted by molar-refractivity contribution is 5.53. The zero-order valence-electron chi connectivity index (χ0n) is 9.82. The van der Waals surface area contributed by atoms with E-state index in [2.05, 4.69) is 15.0 Å². The molecule has 0 aromatic carbocycles. The number of aryl methyl sites for hydroxylation is 1. The lowest BCUT2D eigenvalue weighted by molar-refractivity contribution is 1.01. The Morgan fingerprint density at radius 1 is 1.35 bits per heavy atom. The molecule has 5 nitrogen and oxygen atoms in total. The van der Waals surface area contributed by atoms with Crippen LogP contribution in [0.1, 0.15) is 18.2 Å². The average molecular weight is 230 g/mol. The van der Waals surface area contributed by atoms with E-state index >= 15 is 0 Å². The van der Waals surface area contributed by atoms with Crippen LogP contribution >= 0.6 is 0 Å². The van der Waals surface area contributed by atoms with E-state index in [4.69, 9.17) is 5.73 Å². The van der Waals surface area contributed by atoms with Gasteiger partial charge in [-0.15, -0.1) is 0 Å². The maximum atomic E-state index is 11.7. The molecule has 0 fully saturated rings. The highest BCUT2D eigenvalue weighted by atomic mass is 16.1. The minimum atomic E-state index is -0.196. The quantitative estimate of drug-likeness (QED) is 0.814. The van der Waals surface area contributed by atoms with E-state index in [1.165, 1.54) is 0 Å². The van der Waals surface area contributed by atoms with Crippen molar-refractivity contribution in [2.75, 3.05) is 5.73 Å². The number of rotatable bonds is 2. The van der Waals surface area contributed by atoms with Gasteiger partial charge in [-0.1, -0.05) is 13.0 Å². The van der Waals surface area contributed by atoms with Crippen LogP contribution in [0.3, 0.4) is 0 Å². The van der Waals surface area contributed by atoms with Crippen LogP contribution in [0.15, 0.2) is 23.0 Å². The molecule has 0 saturated carbocycles. The lowest BCUT2D eigenvalue weighted by atomic mass is 10.2. The van der Waals surface area contributed by atoms with Gasteiger partial charge in [-0.2, -0.15) is 0 Å². The summed E-state index contributed by atoms with van der Waals surface area (Å²) in [6.45, 7) is 3.75.